The Morgan fingerprint density at radius 1 is 1.33 bits per heavy atom. The summed E-state index contributed by atoms with van der Waals surface area (Å²) < 4.78 is 2.12. The molecule has 0 atom stereocenters. The molecule has 1 saturated carbocycles. The molecule has 0 bridgehead atoms. The van der Waals surface area contributed by atoms with Gasteiger partial charge in [0.2, 0.25) is 0 Å². The quantitative estimate of drug-likeness (QED) is 0.748. The third kappa shape index (κ3) is 4.82. The highest BCUT2D eigenvalue weighted by molar-refractivity contribution is 4.93. The Balaban J connectivity index is 1.92. The molecule has 1 aliphatic carbocycles. The second kappa shape index (κ2) is 7.95. The maximum absolute atomic E-state index is 4.45. The van der Waals surface area contributed by atoms with Crippen molar-refractivity contribution in [3.63, 3.8) is 0 Å². The lowest BCUT2D eigenvalue weighted by Crippen LogP contribution is -2.44. The first-order chi connectivity index (χ1) is 10.2. The molecule has 0 unspecified atom stereocenters. The van der Waals surface area contributed by atoms with E-state index in [0.717, 1.165) is 18.9 Å². The van der Waals surface area contributed by atoms with E-state index in [2.05, 4.69) is 40.8 Å². The Kier molecular flexibility index (Phi) is 6.24. The van der Waals surface area contributed by atoms with Crippen molar-refractivity contribution >= 4 is 0 Å². The van der Waals surface area contributed by atoms with Crippen molar-refractivity contribution in [1.82, 2.24) is 19.8 Å². The van der Waals surface area contributed by atoms with E-state index in [1.165, 1.54) is 51.6 Å². The fourth-order valence-electron chi connectivity index (χ4n) is 3.64. The smallest absolute Gasteiger partial charge is 0.122 e. The largest absolute Gasteiger partial charge is 0.337 e. The van der Waals surface area contributed by atoms with Crippen LogP contribution in [0.5, 0.6) is 0 Å². The molecule has 1 aromatic rings. The number of imidazole rings is 1. The zero-order chi connectivity index (χ0) is 15.1. The van der Waals surface area contributed by atoms with E-state index in [4.69, 9.17) is 0 Å². The molecule has 1 aromatic heterocycles. The number of nitrogens with zero attached hydrogens (tertiary/aromatic N) is 3. The van der Waals surface area contributed by atoms with Crippen LogP contribution in [0.15, 0.2) is 12.4 Å². The average molecular weight is 292 g/mol. The van der Waals surface area contributed by atoms with E-state index in [0.29, 0.717) is 5.41 Å². The molecule has 0 aromatic carbocycles. The van der Waals surface area contributed by atoms with Crippen LogP contribution in [0, 0.1) is 5.41 Å². The molecule has 0 spiro atoms. The van der Waals surface area contributed by atoms with Crippen LogP contribution in [0.3, 0.4) is 0 Å². The van der Waals surface area contributed by atoms with Gasteiger partial charge in [0, 0.05) is 32.5 Å². The molecule has 1 N–H and O–H groups in total. The second-order valence-corrected chi connectivity index (χ2v) is 6.86. The summed E-state index contributed by atoms with van der Waals surface area (Å²) in [4.78, 5) is 6.91. The van der Waals surface area contributed by atoms with Gasteiger partial charge in [-0.3, -0.25) is 4.90 Å². The zero-order valence-corrected chi connectivity index (χ0v) is 14.1. The van der Waals surface area contributed by atoms with Crippen LogP contribution in [-0.4, -0.2) is 41.1 Å². The van der Waals surface area contributed by atoms with Gasteiger partial charge in [0.05, 0.1) is 6.54 Å². The van der Waals surface area contributed by atoms with Gasteiger partial charge >= 0.3 is 0 Å². The van der Waals surface area contributed by atoms with Crippen LogP contribution in [0.4, 0.5) is 0 Å². The molecule has 120 valence electrons. The van der Waals surface area contributed by atoms with Crippen LogP contribution in [0.25, 0.3) is 0 Å². The van der Waals surface area contributed by atoms with E-state index >= 15 is 0 Å². The average Bonchev–Trinajstić information content (AvgIpc) is 2.85. The molecule has 0 radical (unpaired) electrons. The highest BCUT2D eigenvalue weighted by atomic mass is 15.2. The number of aryl methyl sites for hydroxylation is 1. The molecule has 4 nitrogen and oxygen atoms in total. The molecule has 21 heavy (non-hydrogen) atoms. The molecule has 1 aliphatic rings. The molecule has 4 heteroatoms. The van der Waals surface area contributed by atoms with Crippen LogP contribution in [-0.2, 0) is 13.6 Å². The minimum Gasteiger partial charge on any atom is -0.337 e. The summed E-state index contributed by atoms with van der Waals surface area (Å²) in [7, 11) is 4.32. The number of rotatable bonds is 8. The molecular weight excluding hydrogens is 260 g/mol. The Hall–Kier alpha value is -0.870. The molecule has 0 saturated heterocycles. The lowest BCUT2D eigenvalue weighted by atomic mass is 9.73. The monoisotopic (exact) mass is 292 g/mol. The number of aromatic nitrogens is 2. The van der Waals surface area contributed by atoms with E-state index in [-0.39, 0.29) is 0 Å². The summed E-state index contributed by atoms with van der Waals surface area (Å²) in [6, 6.07) is 0. The highest BCUT2D eigenvalue weighted by Crippen LogP contribution is 2.36. The summed E-state index contributed by atoms with van der Waals surface area (Å²) in [6.07, 6.45) is 12.1. The van der Waals surface area contributed by atoms with Crippen LogP contribution < -0.4 is 5.32 Å². The summed E-state index contributed by atoms with van der Waals surface area (Å²) in [5, 5.41) is 3.67. The Labute approximate surface area is 129 Å². The number of hydrogen-bond acceptors (Lipinski definition) is 3. The summed E-state index contributed by atoms with van der Waals surface area (Å²) in [6.45, 7) is 6.68. The third-order valence-electron chi connectivity index (χ3n) is 4.78. The summed E-state index contributed by atoms with van der Waals surface area (Å²) >= 11 is 0. The Morgan fingerprint density at radius 3 is 2.71 bits per heavy atom. The number of hydrogen-bond donors (Lipinski definition) is 1. The second-order valence-electron chi connectivity index (χ2n) is 6.86. The molecule has 1 heterocycles. The Bertz CT molecular complexity index is 407. The standard InChI is InChI=1S/C17H32N4/c1-4-10-18-14-17(8-6-5-7-9-17)15-20(2)13-16-19-11-12-21(16)3/h11-12,18H,4-10,13-15H2,1-3H3. The van der Waals surface area contributed by atoms with Gasteiger partial charge in [0.15, 0.2) is 0 Å². The van der Waals surface area contributed by atoms with E-state index in [1.807, 2.05) is 12.4 Å². The van der Waals surface area contributed by atoms with Gasteiger partial charge in [-0.15, -0.1) is 0 Å². The van der Waals surface area contributed by atoms with Crippen LogP contribution in [0.2, 0.25) is 0 Å². The van der Waals surface area contributed by atoms with Gasteiger partial charge in [-0.05, 0) is 38.3 Å². The predicted octanol–water partition coefficient (Wildman–Crippen LogP) is 2.80. The van der Waals surface area contributed by atoms with Gasteiger partial charge < -0.3 is 9.88 Å². The van der Waals surface area contributed by atoms with Gasteiger partial charge in [-0.25, -0.2) is 4.98 Å². The van der Waals surface area contributed by atoms with Crippen molar-refractivity contribution in [2.45, 2.75) is 52.0 Å². The zero-order valence-electron chi connectivity index (χ0n) is 14.1. The van der Waals surface area contributed by atoms with Crippen molar-refractivity contribution in [1.29, 1.82) is 0 Å². The normalized spacial score (nSPS) is 18.3. The first-order valence-corrected chi connectivity index (χ1v) is 8.51. The first kappa shape index (κ1) is 16.5. The van der Waals surface area contributed by atoms with Crippen molar-refractivity contribution in [2.75, 3.05) is 26.7 Å². The van der Waals surface area contributed by atoms with Gasteiger partial charge in [-0.1, -0.05) is 26.2 Å². The van der Waals surface area contributed by atoms with Crippen molar-refractivity contribution in [2.24, 2.45) is 12.5 Å². The first-order valence-electron chi connectivity index (χ1n) is 8.51. The minimum atomic E-state index is 0.466. The molecule has 0 amide bonds. The van der Waals surface area contributed by atoms with Crippen molar-refractivity contribution < 1.29 is 0 Å². The minimum absolute atomic E-state index is 0.466. The predicted molar refractivity (Wildman–Crippen MR) is 88.2 cm³/mol. The lowest BCUT2D eigenvalue weighted by Gasteiger charge is -2.40. The van der Waals surface area contributed by atoms with E-state index in [1.54, 1.807) is 0 Å². The lowest BCUT2D eigenvalue weighted by molar-refractivity contribution is 0.112. The fraction of sp³-hybridized carbons (Fsp3) is 0.824. The Morgan fingerprint density at radius 2 is 2.10 bits per heavy atom. The molecule has 0 aliphatic heterocycles. The maximum atomic E-state index is 4.45. The van der Waals surface area contributed by atoms with Gasteiger partial charge in [0.25, 0.3) is 0 Å². The summed E-state index contributed by atoms with van der Waals surface area (Å²) in [5.74, 6) is 1.16. The third-order valence-corrected chi connectivity index (χ3v) is 4.78. The molecule has 2 rings (SSSR count). The van der Waals surface area contributed by atoms with Crippen molar-refractivity contribution in [3.05, 3.63) is 18.2 Å². The molecule has 1 fully saturated rings. The van der Waals surface area contributed by atoms with Crippen LogP contribution >= 0.6 is 0 Å². The topological polar surface area (TPSA) is 33.1 Å². The maximum Gasteiger partial charge on any atom is 0.122 e. The summed E-state index contributed by atoms with van der Waals surface area (Å²) in [5.41, 5.74) is 0.466. The van der Waals surface area contributed by atoms with Gasteiger partial charge in [-0.2, -0.15) is 0 Å². The van der Waals surface area contributed by atoms with Crippen molar-refractivity contribution in [3.8, 4) is 0 Å². The fourth-order valence-corrected chi connectivity index (χ4v) is 3.64. The van der Waals surface area contributed by atoms with Crippen LogP contribution in [0.1, 0.15) is 51.3 Å². The van der Waals surface area contributed by atoms with E-state index < -0.39 is 0 Å². The highest BCUT2D eigenvalue weighted by Gasteiger charge is 2.32. The van der Waals surface area contributed by atoms with Gasteiger partial charge in [0.1, 0.15) is 5.82 Å². The molecular formula is C17H32N4. The van der Waals surface area contributed by atoms with E-state index in [9.17, 15) is 0 Å². The number of nitrogens with one attached hydrogen (secondary N) is 1. The SMILES string of the molecule is CCCNCC1(CN(C)Cc2nccn2C)CCCCC1.